The summed E-state index contributed by atoms with van der Waals surface area (Å²) in [6.07, 6.45) is 5.18. The first-order valence-corrected chi connectivity index (χ1v) is 16.4. The summed E-state index contributed by atoms with van der Waals surface area (Å²) in [7, 11) is 1.90. The third-order valence-corrected chi connectivity index (χ3v) is 9.17. The number of nitrogens with one attached hydrogen (secondary N) is 1. The number of aliphatic hydroxyl groups excluding tert-OH is 1. The molecule has 46 heavy (non-hydrogen) atoms. The van der Waals surface area contributed by atoms with Crippen molar-refractivity contribution in [2.24, 2.45) is 7.05 Å². The van der Waals surface area contributed by atoms with Gasteiger partial charge in [-0.05, 0) is 80.3 Å². The molecule has 4 bridgehead atoms. The Morgan fingerprint density at radius 3 is 2.67 bits per heavy atom. The monoisotopic (exact) mass is 629 g/mol. The summed E-state index contributed by atoms with van der Waals surface area (Å²) >= 11 is 0. The molecule has 244 valence electrons. The molecule has 2 aromatic carbocycles. The predicted octanol–water partition coefficient (Wildman–Crippen LogP) is 3.16. The molecule has 0 saturated carbocycles. The molecule has 4 aliphatic rings. The van der Waals surface area contributed by atoms with Gasteiger partial charge in [0.25, 0.3) is 5.91 Å². The number of likely N-dealkylation sites (tertiary alicyclic amines) is 1. The molecule has 0 unspecified atom stereocenters. The smallest absolute Gasteiger partial charge is 0.274 e. The van der Waals surface area contributed by atoms with Gasteiger partial charge in [-0.15, -0.1) is 0 Å². The molecule has 11 nitrogen and oxygen atoms in total. The van der Waals surface area contributed by atoms with Crippen molar-refractivity contribution in [3.05, 3.63) is 76.6 Å². The van der Waals surface area contributed by atoms with Gasteiger partial charge in [0, 0.05) is 51.0 Å². The van der Waals surface area contributed by atoms with Crippen LogP contribution in [-0.4, -0.2) is 87.3 Å². The lowest BCUT2D eigenvalue weighted by molar-refractivity contribution is -0.137. The molecule has 1 aromatic heterocycles. The van der Waals surface area contributed by atoms with E-state index >= 15 is 0 Å². The van der Waals surface area contributed by atoms with Gasteiger partial charge in [0.15, 0.2) is 5.69 Å². The van der Waals surface area contributed by atoms with Crippen LogP contribution in [0, 0.1) is 0 Å². The third-order valence-electron chi connectivity index (χ3n) is 9.17. The highest BCUT2D eigenvalue weighted by Gasteiger charge is 2.36. The summed E-state index contributed by atoms with van der Waals surface area (Å²) in [6.45, 7) is 1.09. The quantitative estimate of drug-likeness (QED) is 0.454. The number of aromatic nitrogens is 2. The average Bonchev–Trinajstić information content (AvgIpc) is 3.41. The number of ether oxygens (including phenoxy) is 2. The number of benzene rings is 2. The molecule has 3 amide bonds. The number of nitrogens with zero attached hydrogens (tertiary/aromatic N) is 4. The van der Waals surface area contributed by atoms with Crippen LogP contribution in [0.3, 0.4) is 0 Å². The minimum Gasteiger partial charge on any atom is -0.457 e. The van der Waals surface area contributed by atoms with Crippen molar-refractivity contribution in [3.63, 3.8) is 0 Å². The van der Waals surface area contributed by atoms with Gasteiger partial charge >= 0.3 is 0 Å². The molecule has 7 rings (SSSR count). The number of amides is 3. The third kappa shape index (κ3) is 7.42. The first-order chi connectivity index (χ1) is 22.4. The van der Waals surface area contributed by atoms with Crippen LogP contribution in [0.2, 0.25) is 0 Å². The molecule has 2 atom stereocenters. The number of fused-ring (bicyclic) bond motifs is 10. The van der Waals surface area contributed by atoms with Crippen LogP contribution in [0.25, 0.3) is 0 Å². The Labute approximate surface area is 269 Å². The summed E-state index contributed by atoms with van der Waals surface area (Å²) in [6, 6.07) is 14.9. The summed E-state index contributed by atoms with van der Waals surface area (Å²) < 4.78 is 14.4. The van der Waals surface area contributed by atoms with Gasteiger partial charge in [-0.3, -0.25) is 19.1 Å². The number of aryl methyl sites for hydroxylation is 2. The lowest BCUT2D eigenvalue weighted by atomic mass is 9.94. The van der Waals surface area contributed by atoms with Crippen LogP contribution in [0.5, 0.6) is 11.5 Å². The summed E-state index contributed by atoms with van der Waals surface area (Å²) in [4.78, 5) is 43.9. The second-order valence-corrected chi connectivity index (χ2v) is 12.5. The maximum Gasteiger partial charge on any atom is 0.274 e. The van der Waals surface area contributed by atoms with Crippen LogP contribution in [0.4, 0.5) is 0 Å². The molecule has 3 aliphatic heterocycles. The van der Waals surface area contributed by atoms with Crippen molar-refractivity contribution >= 4 is 17.7 Å². The van der Waals surface area contributed by atoms with E-state index in [1.807, 2.05) is 60.3 Å². The van der Waals surface area contributed by atoms with E-state index in [1.54, 1.807) is 4.90 Å². The molecule has 1 aliphatic carbocycles. The van der Waals surface area contributed by atoms with Crippen LogP contribution in [0.15, 0.2) is 48.5 Å². The lowest BCUT2D eigenvalue weighted by Gasteiger charge is -2.39. The normalized spacial score (nSPS) is 20.9. The number of carbonyl (C=O) groups is 3. The van der Waals surface area contributed by atoms with Gasteiger partial charge in [-0.25, -0.2) is 0 Å². The van der Waals surface area contributed by atoms with Gasteiger partial charge < -0.3 is 29.7 Å². The first kappa shape index (κ1) is 31.7. The van der Waals surface area contributed by atoms with Crippen molar-refractivity contribution in [1.29, 1.82) is 0 Å². The topological polar surface area (TPSA) is 126 Å². The van der Waals surface area contributed by atoms with E-state index in [-0.39, 0.29) is 56.5 Å². The Balaban J connectivity index is 1.24. The Bertz CT molecular complexity index is 1550. The maximum atomic E-state index is 13.8. The first-order valence-electron chi connectivity index (χ1n) is 16.4. The van der Waals surface area contributed by atoms with Gasteiger partial charge in [-0.2, -0.15) is 5.10 Å². The summed E-state index contributed by atoms with van der Waals surface area (Å²) in [5, 5.41) is 17.2. The number of carbonyl (C=O) groups excluding carboxylic acids is 3. The highest BCUT2D eigenvalue weighted by molar-refractivity contribution is 5.94. The summed E-state index contributed by atoms with van der Waals surface area (Å²) in [5.41, 5.74) is 4.58. The van der Waals surface area contributed by atoms with Crippen molar-refractivity contribution in [2.75, 3.05) is 32.8 Å². The number of rotatable bonds is 4. The molecular formula is C35H43N5O6. The fourth-order valence-electron chi connectivity index (χ4n) is 6.70. The van der Waals surface area contributed by atoms with E-state index in [1.165, 1.54) is 4.90 Å². The van der Waals surface area contributed by atoms with E-state index in [2.05, 4.69) is 10.4 Å². The molecule has 4 heterocycles. The van der Waals surface area contributed by atoms with E-state index in [9.17, 15) is 19.5 Å². The van der Waals surface area contributed by atoms with E-state index < -0.39 is 6.04 Å². The van der Waals surface area contributed by atoms with Crippen molar-refractivity contribution in [1.82, 2.24) is 24.9 Å². The van der Waals surface area contributed by atoms with Crippen molar-refractivity contribution in [3.8, 4) is 11.5 Å². The second kappa shape index (κ2) is 14.5. The largest absolute Gasteiger partial charge is 0.457 e. The van der Waals surface area contributed by atoms with E-state index in [4.69, 9.17) is 9.47 Å². The zero-order valence-electron chi connectivity index (χ0n) is 26.5. The van der Waals surface area contributed by atoms with Gasteiger partial charge in [0.05, 0.1) is 25.3 Å². The second-order valence-electron chi connectivity index (χ2n) is 12.5. The minimum atomic E-state index is -0.489. The van der Waals surface area contributed by atoms with Gasteiger partial charge in [0.2, 0.25) is 11.8 Å². The van der Waals surface area contributed by atoms with Crippen molar-refractivity contribution < 1.29 is 29.0 Å². The molecule has 3 aromatic rings. The zero-order valence-corrected chi connectivity index (χ0v) is 26.5. The van der Waals surface area contributed by atoms with Crippen LogP contribution >= 0.6 is 0 Å². The summed E-state index contributed by atoms with van der Waals surface area (Å²) in [5.74, 6) is 0.763. The Morgan fingerprint density at radius 1 is 1.02 bits per heavy atom. The standard InChI is InChI=1S/C35H43N5O6/c1-38-30-9-3-2-8-28(30)34(37-38)35(44)40-18-16-31-29(21-40)36-32(42)22-39(17-5-19-41)33(43)15-12-24-10-13-26(14-11-24)46-27-7-4-6-25(20-27)23-45-31/h4,6-7,10-11,13-14,20,29,31,41H,2-3,5,8-9,12,15-19,21-23H2,1H3,(H,36,42)/t29-,31-/m0/s1. The fraction of sp³-hybridized carbons (Fsp3) is 0.486. The maximum absolute atomic E-state index is 13.8. The minimum absolute atomic E-state index is 0.0829. The highest BCUT2D eigenvalue weighted by Crippen LogP contribution is 2.27. The molecular weight excluding hydrogens is 586 g/mol. The van der Waals surface area contributed by atoms with Gasteiger partial charge in [0.1, 0.15) is 11.5 Å². The molecule has 0 radical (unpaired) electrons. The van der Waals surface area contributed by atoms with Crippen molar-refractivity contribution in [2.45, 2.75) is 70.1 Å². The van der Waals surface area contributed by atoms with Crippen LogP contribution < -0.4 is 10.1 Å². The number of piperidine rings is 1. The number of hydrogen-bond donors (Lipinski definition) is 2. The molecule has 1 fully saturated rings. The molecule has 2 N–H and O–H groups in total. The van der Waals surface area contributed by atoms with Gasteiger partial charge in [-0.1, -0.05) is 24.3 Å². The Hall–Kier alpha value is -4.22. The molecule has 0 spiro atoms. The average molecular weight is 630 g/mol. The van der Waals surface area contributed by atoms with E-state index in [0.29, 0.717) is 49.6 Å². The number of hydrogen-bond acceptors (Lipinski definition) is 7. The Morgan fingerprint density at radius 2 is 1.85 bits per heavy atom. The molecule has 1 saturated heterocycles. The van der Waals surface area contributed by atoms with Crippen LogP contribution in [0.1, 0.15) is 65.0 Å². The van der Waals surface area contributed by atoms with E-state index in [0.717, 1.165) is 48.1 Å². The predicted molar refractivity (Wildman–Crippen MR) is 170 cm³/mol. The van der Waals surface area contributed by atoms with Crippen LogP contribution in [-0.2, 0) is 47.2 Å². The Kier molecular flexibility index (Phi) is 9.99. The molecule has 11 heteroatoms. The SMILES string of the molecule is Cn1nc(C(=O)N2CC[C@@H]3OCc4cccc(c4)Oc4ccc(cc4)CCC(=O)N(CCCO)CC(=O)N[C@H]3C2)c2c1CCCC2. The zero-order chi connectivity index (χ0) is 32.0. The number of aliphatic hydroxyl groups is 1. The lowest BCUT2D eigenvalue weighted by Crippen LogP contribution is -2.58. The highest BCUT2D eigenvalue weighted by atomic mass is 16.5. The fourth-order valence-corrected chi connectivity index (χ4v) is 6.70.